The quantitative estimate of drug-likeness (QED) is 0.464. The summed E-state index contributed by atoms with van der Waals surface area (Å²) in [5, 5.41) is 0. The Kier molecular flexibility index (Phi) is 8.51. The number of hydrogen-bond acceptors (Lipinski definition) is 2. The average Bonchev–Trinajstić information content (AvgIpc) is 2.71. The van der Waals surface area contributed by atoms with Crippen LogP contribution in [0.25, 0.3) is 5.57 Å². The van der Waals surface area contributed by atoms with Crippen LogP contribution >= 0.6 is 0 Å². The van der Waals surface area contributed by atoms with Crippen LogP contribution < -0.4 is 4.74 Å². The molecule has 2 rings (SSSR count). The summed E-state index contributed by atoms with van der Waals surface area (Å²) in [5.41, 5.74) is 5.80. The summed E-state index contributed by atoms with van der Waals surface area (Å²) in [6.45, 7) is 11.8. The summed E-state index contributed by atoms with van der Waals surface area (Å²) < 4.78 is 5.85. The van der Waals surface area contributed by atoms with E-state index in [1.807, 2.05) is 44.4 Å². The highest BCUT2D eigenvalue weighted by atomic mass is 16.5. The lowest BCUT2D eigenvalue weighted by molar-refractivity contribution is 0.261. The molecule has 2 aromatic carbocycles. The van der Waals surface area contributed by atoms with E-state index in [2.05, 4.69) is 61.4 Å². The second-order valence-corrected chi connectivity index (χ2v) is 6.87. The molecule has 0 fully saturated rings. The van der Waals surface area contributed by atoms with Crippen molar-refractivity contribution in [3.63, 3.8) is 0 Å². The first-order chi connectivity index (χ1) is 13.6. The van der Waals surface area contributed by atoms with Gasteiger partial charge in [0.1, 0.15) is 12.4 Å². The van der Waals surface area contributed by atoms with Gasteiger partial charge in [-0.3, -0.25) is 0 Å². The van der Waals surface area contributed by atoms with Crippen molar-refractivity contribution in [3.05, 3.63) is 108 Å². The van der Waals surface area contributed by atoms with Crippen LogP contribution in [0.1, 0.15) is 24.5 Å². The van der Waals surface area contributed by atoms with Crippen LogP contribution in [0.3, 0.4) is 0 Å². The topological polar surface area (TPSA) is 12.5 Å². The lowest BCUT2D eigenvalue weighted by atomic mass is 9.88. The van der Waals surface area contributed by atoms with Crippen molar-refractivity contribution in [2.75, 3.05) is 27.2 Å². The first-order valence-electron chi connectivity index (χ1n) is 9.71. The number of allylic oxidation sites excluding steroid dienone is 5. The average molecular weight is 374 g/mol. The molecule has 0 saturated carbocycles. The Balaban J connectivity index is 2.42. The van der Waals surface area contributed by atoms with E-state index in [1.54, 1.807) is 6.08 Å². The van der Waals surface area contributed by atoms with Crippen molar-refractivity contribution in [1.29, 1.82) is 0 Å². The Hall–Kier alpha value is -2.84. The number of nitrogens with zero attached hydrogens (tertiary/aromatic N) is 1. The van der Waals surface area contributed by atoms with E-state index >= 15 is 0 Å². The Morgan fingerprint density at radius 3 is 2.21 bits per heavy atom. The maximum atomic E-state index is 5.85. The summed E-state index contributed by atoms with van der Waals surface area (Å²) in [6.07, 6.45) is 6.63. The highest BCUT2D eigenvalue weighted by Crippen LogP contribution is 2.33. The Labute approximate surface area is 170 Å². The molecule has 0 unspecified atom stereocenters. The molecule has 0 aliphatic rings. The summed E-state index contributed by atoms with van der Waals surface area (Å²) >= 11 is 0. The number of rotatable bonds is 10. The molecule has 28 heavy (non-hydrogen) atoms. The lowest BCUT2D eigenvalue weighted by Gasteiger charge is -2.17. The Morgan fingerprint density at radius 1 is 1.00 bits per heavy atom. The minimum Gasteiger partial charge on any atom is -0.492 e. The minimum atomic E-state index is 0.678. The number of hydrogen-bond donors (Lipinski definition) is 0. The largest absolute Gasteiger partial charge is 0.492 e. The zero-order valence-electron chi connectivity index (χ0n) is 17.3. The zero-order valence-corrected chi connectivity index (χ0v) is 17.3. The molecule has 146 valence electrons. The van der Waals surface area contributed by atoms with Gasteiger partial charge in [0.2, 0.25) is 0 Å². The van der Waals surface area contributed by atoms with Crippen LogP contribution in [0.15, 0.2) is 97.1 Å². The van der Waals surface area contributed by atoms with Gasteiger partial charge in [-0.1, -0.05) is 80.8 Å². The van der Waals surface area contributed by atoms with Crippen molar-refractivity contribution >= 4 is 5.57 Å². The van der Waals surface area contributed by atoms with Gasteiger partial charge in [-0.2, -0.15) is 0 Å². The fourth-order valence-electron chi connectivity index (χ4n) is 3.03. The van der Waals surface area contributed by atoms with Crippen LogP contribution in [0.4, 0.5) is 0 Å². The molecule has 0 bridgehead atoms. The standard InChI is InChI=1S/C26H31NO/c1-6-8-12-21(3)25(7-2)26(22-13-10-9-11-14-22)23-15-17-24(18-16-23)28-20-19-27(4)5/h6,8-18H,1,3,7,19-20H2,2,4-5H3/b12-8-,26-25-. The van der Waals surface area contributed by atoms with E-state index < -0.39 is 0 Å². The molecular formula is C26H31NO. The van der Waals surface area contributed by atoms with Gasteiger partial charge in [0.05, 0.1) is 0 Å². The van der Waals surface area contributed by atoms with Crippen molar-refractivity contribution in [2.24, 2.45) is 0 Å². The van der Waals surface area contributed by atoms with Gasteiger partial charge >= 0.3 is 0 Å². The smallest absolute Gasteiger partial charge is 0.119 e. The van der Waals surface area contributed by atoms with Crippen molar-refractivity contribution in [1.82, 2.24) is 4.90 Å². The number of benzene rings is 2. The molecular weight excluding hydrogens is 342 g/mol. The molecule has 0 aromatic heterocycles. The number of likely N-dealkylation sites (N-methyl/N-ethyl adjacent to an activating group) is 1. The third kappa shape index (κ3) is 6.11. The molecule has 0 atom stereocenters. The van der Waals surface area contributed by atoms with Gasteiger partial charge in [-0.25, -0.2) is 0 Å². The Bertz CT molecular complexity index is 826. The van der Waals surface area contributed by atoms with E-state index in [-0.39, 0.29) is 0 Å². The van der Waals surface area contributed by atoms with Crippen molar-refractivity contribution in [2.45, 2.75) is 13.3 Å². The highest BCUT2D eigenvalue weighted by molar-refractivity contribution is 5.85. The molecule has 0 N–H and O–H groups in total. The van der Waals surface area contributed by atoms with Gasteiger partial charge in [-0.05, 0) is 60.5 Å². The molecule has 2 heteroatoms. The van der Waals surface area contributed by atoms with Gasteiger partial charge in [0.15, 0.2) is 0 Å². The summed E-state index contributed by atoms with van der Waals surface area (Å²) in [5.74, 6) is 0.890. The van der Waals surface area contributed by atoms with Gasteiger partial charge in [-0.15, -0.1) is 0 Å². The van der Waals surface area contributed by atoms with Crippen LogP contribution in [0, 0.1) is 0 Å². The molecule has 2 nitrogen and oxygen atoms in total. The fourth-order valence-corrected chi connectivity index (χ4v) is 3.03. The van der Waals surface area contributed by atoms with Crippen LogP contribution in [0.2, 0.25) is 0 Å². The molecule has 2 aromatic rings. The van der Waals surface area contributed by atoms with E-state index in [1.165, 1.54) is 16.7 Å². The van der Waals surface area contributed by atoms with Gasteiger partial charge < -0.3 is 9.64 Å². The summed E-state index contributed by atoms with van der Waals surface area (Å²) in [7, 11) is 4.09. The summed E-state index contributed by atoms with van der Waals surface area (Å²) in [6, 6.07) is 18.8. The minimum absolute atomic E-state index is 0.678. The molecule has 0 aliphatic carbocycles. The second-order valence-electron chi connectivity index (χ2n) is 6.87. The van der Waals surface area contributed by atoms with Gasteiger partial charge in [0.25, 0.3) is 0 Å². The fraction of sp³-hybridized carbons (Fsp3) is 0.231. The van der Waals surface area contributed by atoms with Gasteiger partial charge in [0, 0.05) is 6.54 Å². The highest BCUT2D eigenvalue weighted by Gasteiger charge is 2.12. The maximum Gasteiger partial charge on any atom is 0.119 e. The van der Waals surface area contributed by atoms with Crippen molar-refractivity contribution < 1.29 is 4.74 Å². The Morgan fingerprint density at radius 2 is 1.64 bits per heavy atom. The summed E-state index contributed by atoms with van der Waals surface area (Å²) in [4.78, 5) is 2.11. The zero-order chi connectivity index (χ0) is 20.4. The second kappa shape index (κ2) is 11.1. The van der Waals surface area contributed by atoms with Crippen molar-refractivity contribution in [3.8, 4) is 5.75 Å². The molecule has 0 aliphatic heterocycles. The molecule has 0 radical (unpaired) electrons. The number of ether oxygens (including phenoxy) is 1. The third-order valence-electron chi connectivity index (χ3n) is 4.49. The molecule has 0 heterocycles. The molecule has 0 spiro atoms. The predicted molar refractivity (Wildman–Crippen MR) is 122 cm³/mol. The van der Waals surface area contributed by atoms with E-state index in [0.717, 1.165) is 29.9 Å². The molecule has 0 amide bonds. The SMILES string of the molecule is C=C/C=C\C(=C)/C(CC)=C(/c1ccccc1)c1ccc(OCCN(C)C)cc1. The predicted octanol–water partition coefficient (Wildman–Crippen LogP) is 6.14. The van der Waals surface area contributed by atoms with E-state index in [0.29, 0.717) is 6.61 Å². The normalized spacial score (nSPS) is 12.1. The third-order valence-corrected chi connectivity index (χ3v) is 4.49. The monoisotopic (exact) mass is 373 g/mol. The maximum absolute atomic E-state index is 5.85. The lowest BCUT2D eigenvalue weighted by Crippen LogP contribution is -2.19. The van der Waals surface area contributed by atoms with E-state index in [4.69, 9.17) is 4.74 Å². The first kappa shape index (κ1) is 21.5. The van der Waals surface area contributed by atoms with Crippen LogP contribution in [0.5, 0.6) is 5.75 Å². The molecule has 0 saturated heterocycles. The van der Waals surface area contributed by atoms with Crippen LogP contribution in [-0.2, 0) is 0 Å². The first-order valence-corrected chi connectivity index (χ1v) is 9.71. The van der Waals surface area contributed by atoms with Crippen LogP contribution in [-0.4, -0.2) is 32.1 Å². The van der Waals surface area contributed by atoms with E-state index in [9.17, 15) is 0 Å².